The van der Waals surface area contributed by atoms with Crippen LogP contribution < -0.4 is 10.2 Å². The second-order valence-corrected chi connectivity index (χ2v) is 8.34. The number of pyridine rings is 1. The summed E-state index contributed by atoms with van der Waals surface area (Å²) in [5.41, 5.74) is 2.54. The molecule has 0 atom stereocenters. The standard InChI is InChI=1S/C22H18ClN3O2S/c1-13(2)26-18-10-9-16(25-20(27)14-5-7-15(23)8-6-14)12-19(18)29-21-17(22(26)28)4-3-11-24-21/h3-13H,1-2H3,(H,25,27). The van der Waals surface area contributed by atoms with Crippen molar-refractivity contribution in [2.45, 2.75) is 29.8 Å². The van der Waals surface area contributed by atoms with Gasteiger partial charge in [-0.25, -0.2) is 4.98 Å². The Kier molecular flexibility index (Phi) is 5.30. The molecule has 2 heterocycles. The Morgan fingerprint density at radius 3 is 2.62 bits per heavy atom. The molecular formula is C22H18ClN3O2S. The van der Waals surface area contributed by atoms with Gasteiger partial charge in [0.25, 0.3) is 11.8 Å². The number of nitrogens with one attached hydrogen (secondary N) is 1. The number of fused-ring (bicyclic) bond motifs is 2. The molecule has 2 amide bonds. The predicted octanol–water partition coefficient (Wildman–Crippen LogP) is 5.51. The first-order valence-electron chi connectivity index (χ1n) is 9.11. The Hall–Kier alpha value is -2.83. The van der Waals surface area contributed by atoms with E-state index in [0.717, 1.165) is 10.6 Å². The first-order valence-corrected chi connectivity index (χ1v) is 10.3. The Labute approximate surface area is 178 Å². The number of benzene rings is 2. The van der Waals surface area contributed by atoms with Crippen molar-refractivity contribution in [1.29, 1.82) is 0 Å². The van der Waals surface area contributed by atoms with Crippen LogP contribution in [0.15, 0.2) is 70.7 Å². The number of hydrogen-bond donors (Lipinski definition) is 1. The SMILES string of the molecule is CC(C)N1C(=O)c2cccnc2Sc2cc(NC(=O)c3ccc(Cl)cc3)ccc21. The number of carbonyl (C=O) groups excluding carboxylic acids is 2. The Morgan fingerprint density at radius 1 is 1.14 bits per heavy atom. The summed E-state index contributed by atoms with van der Waals surface area (Å²) in [6.07, 6.45) is 1.68. The van der Waals surface area contributed by atoms with Crippen molar-refractivity contribution >= 4 is 46.6 Å². The van der Waals surface area contributed by atoms with Crippen LogP contribution in [0.2, 0.25) is 5.02 Å². The predicted molar refractivity (Wildman–Crippen MR) is 116 cm³/mol. The number of nitrogens with zero attached hydrogens (tertiary/aromatic N) is 2. The molecule has 1 N–H and O–H groups in total. The maximum absolute atomic E-state index is 13.1. The van der Waals surface area contributed by atoms with Crippen molar-refractivity contribution in [3.8, 4) is 0 Å². The van der Waals surface area contributed by atoms with Gasteiger partial charge in [-0.05, 0) is 68.4 Å². The number of amides is 2. The number of hydrogen-bond acceptors (Lipinski definition) is 4. The summed E-state index contributed by atoms with van der Waals surface area (Å²) in [4.78, 5) is 32.7. The van der Waals surface area contributed by atoms with E-state index in [0.29, 0.717) is 26.9 Å². The number of aromatic nitrogens is 1. The molecule has 7 heteroatoms. The van der Waals surface area contributed by atoms with Crippen LogP contribution in [0.1, 0.15) is 34.6 Å². The van der Waals surface area contributed by atoms with Gasteiger partial charge in [0.15, 0.2) is 0 Å². The van der Waals surface area contributed by atoms with Crippen LogP contribution in [0.3, 0.4) is 0 Å². The lowest BCUT2D eigenvalue weighted by molar-refractivity contribution is 0.0975. The van der Waals surface area contributed by atoms with Crippen molar-refractivity contribution in [3.05, 3.63) is 76.9 Å². The lowest BCUT2D eigenvalue weighted by Gasteiger charge is -2.27. The van der Waals surface area contributed by atoms with E-state index in [-0.39, 0.29) is 17.9 Å². The second-order valence-electron chi connectivity index (χ2n) is 6.87. The fourth-order valence-corrected chi connectivity index (χ4v) is 4.34. The molecule has 4 rings (SSSR count). The van der Waals surface area contributed by atoms with Gasteiger partial charge in [-0.2, -0.15) is 0 Å². The number of carbonyl (C=O) groups is 2. The average molecular weight is 424 g/mol. The molecule has 0 saturated carbocycles. The first kappa shape index (κ1) is 19.5. The summed E-state index contributed by atoms with van der Waals surface area (Å²) in [6.45, 7) is 3.95. The van der Waals surface area contributed by atoms with Crippen LogP contribution in [-0.4, -0.2) is 22.8 Å². The van der Waals surface area contributed by atoms with E-state index < -0.39 is 0 Å². The van der Waals surface area contributed by atoms with Gasteiger partial charge >= 0.3 is 0 Å². The van der Waals surface area contributed by atoms with E-state index in [9.17, 15) is 9.59 Å². The van der Waals surface area contributed by atoms with Crippen molar-refractivity contribution in [2.75, 3.05) is 10.2 Å². The maximum atomic E-state index is 13.1. The quantitative estimate of drug-likeness (QED) is 0.603. The highest BCUT2D eigenvalue weighted by atomic mass is 35.5. The molecule has 0 aliphatic carbocycles. The summed E-state index contributed by atoms with van der Waals surface area (Å²) in [5.74, 6) is -0.303. The van der Waals surface area contributed by atoms with Crippen LogP contribution in [0.5, 0.6) is 0 Å². The number of anilines is 2. The third-order valence-electron chi connectivity index (χ3n) is 4.53. The minimum atomic E-state index is -0.226. The summed E-state index contributed by atoms with van der Waals surface area (Å²) in [5, 5.41) is 4.14. The minimum absolute atomic E-state index is 0.0254. The van der Waals surface area contributed by atoms with Gasteiger partial charge in [0.05, 0.1) is 11.3 Å². The van der Waals surface area contributed by atoms with E-state index in [4.69, 9.17) is 11.6 Å². The highest BCUT2D eigenvalue weighted by Crippen LogP contribution is 2.42. The summed E-state index contributed by atoms with van der Waals surface area (Å²) in [7, 11) is 0. The normalized spacial score (nSPS) is 13.0. The molecule has 0 fully saturated rings. The molecular weight excluding hydrogens is 406 g/mol. The van der Waals surface area contributed by atoms with E-state index in [1.165, 1.54) is 11.8 Å². The van der Waals surface area contributed by atoms with Gasteiger partial charge in [0, 0.05) is 33.4 Å². The van der Waals surface area contributed by atoms with Gasteiger partial charge in [-0.3, -0.25) is 9.59 Å². The molecule has 1 aliphatic heterocycles. The number of halogens is 1. The van der Waals surface area contributed by atoms with Gasteiger partial charge in [0.1, 0.15) is 5.03 Å². The van der Waals surface area contributed by atoms with Gasteiger partial charge in [-0.15, -0.1) is 0 Å². The van der Waals surface area contributed by atoms with Crippen LogP contribution in [0.25, 0.3) is 0 Å². The molecule has 146 valence electrons. The fourth-order valence-electron chi connectivity index (χ4n) is 3.17. The van der Waals surface area contributed by atoms with Crippen LogP contribution in [-0.2, 0) is 0 Å². The summed E-state index contributed by atoms with van der Waals surface area (Å²) in [6, 6.07) is 15.8. The van der Waals surface area contributed by atoms with Crippen molar-refractivity contribution in [1.82, 2.24) is 4.98 Å². The van der Waals surface area contributed by atoms with Gasteiger partial charge in [0.2, 0.25) is 0 Å². The highest BCUT2D eigenvalue weighted by Gasteiger charge is 2.30. The molecule has 0 unspecified atom stereocenters. The smallest absolute Gasteiger partial charge is 0.261 e. The summed E-state index contributed by atoms with van der Waals surface area (Å²) >= 11 is 7.32. The minimum Gasteiger partial charge on any atom is -0.322 e. The molecule has 29 heavy (non-hydrogen) atoms. The lowest BCUT2D eigenvalue weighted by atomic mass is 10.1. The van der Waals surface area contributed by atoms with Gasteiger partial charge in [-0.1, -0.05) is 23.4 Å². The monoisotopic (exact) mass is 423 g/mol. The zero-order chi connectivity index (χ0) is 20.5. The van der Waals surface area contributed by atoms with E-state index >= 15 is 0 Å². The van der Waals surface area contributed by atoms with Crippen LogP contribution >= 0.6 is 23.4 Å². The Bertz CT molecular complexity index is 1100. The molecule has 0 saturated heterocycles. The first-order chi connectivity index (χ1) is 13.9. The molecule has 3 aromatic rings. The molecule has 2 aromatic carbocycles. The molecule has 1 aromatic heterocycles. The van der Waals surface area contributed by atoms with Crippen molar-refractivity contribution in [2.24, 2.45) is 0 Å². The van der Waals surface area contributed by atoms with E-state index in [1.807, 2.05) is 26.0 Å². The Balaban J connectivity index is 1.70. The van der Waals surface area contributed by atoms with Crippen LogP contribution in [0.4, 0.5) is 11.4 Å². The summed E-state index contributed by atoms with van der Waals surface area (Å²) < 4.78 is 0. The highest BCUT2D eigenvalue weighted by molar-refractivity contribution is 7.99. The number of rotatable bonds is 3. The molecule has 0 spiro atoms. The van der Waals surface area contributed by atoms with E-state index in [1.54, 1.807) is 53.6 Å². The average Bonchev–Trinajstić information content (AvgIpc) is 2.82. The lowest BCUT2D eigenvalue weighted by Crippen LogP contribution is -2.37. The fraction of sp³-hybridized carbons (Fsp3) is 0.136. The maximum Gasteiger partial charge on any atom is 0.261 e. The third kappa shape index (κ3) is 3.86. The van der Waals surface area contributed by atoms with E-state index in [2.05, 4.69) is 10.3 Å². The molecule has 0 radical (unpaired) electrons. The second kappa shape index (κ2) is 7.89. The molecule has 0 bridgehead atoms. The van der Waals surface area contributed by atoms with Crippen molar-refractivity contribution < 1.29 is 9.59 Å². The molecule has 5 nitrogen and oxygen atoms in total. The topological polar surface area (TPSA) is 62.3 Å². The third-order valence-corrected chi connectivity index (χ3v) is 5.84. The zero-order valence-corrected chi connectivity index (χ0v) is 17.4. The van der Waals surface area contributed by atoms with Gasteiger partial charge < -0.3 is 10.2 Å². The van der Waals surface area contributed by atoms with Crippen molar-refractivity contribution in [3.63, 3.8) is 0 Å². The largest absolute Gasteiger partial charge is 0.322 e. The Morgan fingerprint density at radius 2 is 1.90 bits per heavy atom. The van der Waals surface area contributed by atoms with Crippen LogP contribution in [0, 0.1) is 0 Å². The zero-order valence-electron chi connectivity index (χ0n) is 15.8. The molecule has 1 aliphatic rings.